The first-order chi connectivity index (χ1) is 41.8. The van der Waals surface area contributed by atoms with Gasteiger partial charge in [-0.1, -0.05) is 67.2 Å². The van der Waals surface area contributed by atoms with Crippen molar-refractivity contribution in [2.45, 2.75) is 119 Å². The van der Waals surface area contributed by atoms with Crippen molar-refractivity contribution in [3.8, 4) is 0 Å². The van der Waals surface area contributed by atoms with E-state index in [1.165, 1.54) is 28.2 Å². The maximum atomic E-state index is 14.5. The Morgan fingerprint density at radius 2 is 1.57 bits per heavy atom. The highest BCUT2D eigenvalue weighted by molar-refractivity contribution is 14.1. The number of hydrogen-bond acceptors (Lipinski definition) is 15. The molecule has 0 aliphatic carbocycles. The van der Waals surface area contributed by atoms with Crippen molar-refractivity contribution < 1.29 is 43.2 Å². The number of rotatable bonds is 37. The lowest BCUT2D eigenvalue weighted by Gasteiger charge is -2.33. The number of nitrogens with zero attached hydrogens (tertiary/aromatic N) is 5. The normalized spacial score (nSPS) is 14.5. The molecule has 0 radical (unpaired) electrons. The lowest BCUT2D eigenvalue weighted by Crippen LogP contribution is -2.55. The molecule has 1 saturated heterocycles. The number of unbranched alkanes of at least 4 members (excludes halogenated alkanes) is 1. The first-order valence-corrected chi connectivity index (χ1v) is 33.6. The van der Waals surface area contributed by atoms with E-state index in [4.69, 9.17) is 5.73 Å². The zero-order valence-corrected chi connectivity index (χ0v) is 56.8. The van der Waals surface area contributed by atoms with Crippen LogP contribution in [0, 0.1) is 6.92 Å². The first kappa shape index (κ1) is 72.1. The number of amides is 8. The number of carbonyl (C=O) groups is 9. The number of imidazole rings is 1. The Balaban J connectivity index is 1.06. The zero-order chi connectivity index (χ0) is 63.4. The van der Waals surface area contributed by atoms with Gasteiger partial charge in [-0.25, -0.2) is 4.98 Å². The molecule has 1 aliphatic heterocycles. The molecule has 5 rings (SSSR count). The van der Waals surface area contributed by atoms with Crippen LogP contribution in [-0.2, 0) is 73.9 Å². The Bertz CT molecular complexity index is 2970. The number of aromatic amines is 1. The fraction of sp³-hybridized carbons (Fsp3) is 0.467. The van der Waals surface area contributed by atoms with Gasteiger partial charge in [-0.15, -0.1) is 9.24 Å². The van der Waals surface area contributed by atoms with Crippen LogP contribution in [0.5, 0.6) is 0 Å². The Hall–Kier alpha value is -5.65. The SMILES string of the molecule is C=CNc1ccc(P)cc1C[C@H](NC(=O)[C@H](C)N(I)C(=O)CN(C)C(=O)[C@H](CCCCN)NC(=O)CCSCc1cccc(CSCCNC(=O)C2CCCN2C(=O)[C@H](Cc2ccccc2)N(I)C(=O)[C@H](Cc2cnc(C)[nH]2)NC)c1)C(=O)NCC=O. The molecule has 1 fully saturated rings. The predicted octanol–water partition coefficient (Wildman–Crippen LogP) is 4.04. The van der Waals surface area contributed by atoms with Crippen LogP contribution in [0.25, 0.3) is 0 Å². The molecule has 27 heteroatoms. The average molecular weight is 1480 g/mol. The minimum atomic E-state index is -1.11. The van der Waals surface area contributed by atoms with E-state index in [9.17, 15) is 43.2 Å². The fourth-order valence-corrected chi connectivity index (χ4v) is 12.9. The number of H-pyrrole nitrogens is 1. The second-order valence-corrected chi connectivity index (χ2v) is 25.9. The smallest absolute Gasteiger partial charge is 0.251 e. The highest BCUT2D eigenvalue weighted by Crippen LogP contribution is 2.26. The lowest BCUT2D eigenvalue weighted by molar-refractivity contribution is -0.144. The molecule has 1 aromatic heterocycles. The summed E-state index contributed by atoms with van der Waals surface area (Å²) in [4.78, 5) is 131. The summed E-state index contributed by atoms with van der Waals surface area (Å²) in [5, 5.41) is 18.1. The third-order valence-electron chi connectivity index (χ3n) is 14.3. The van der Waals surface area contributed by atoms with Crippen LogP contribution in [0.4, 0.5) is 5.69 Å². The van der Waals surface area contributed by atoms with Gasteiger partial charge in [0.1, 0.15) is 48.9 Å². The van der Waals surface area contributed by atoms with Gasteiger partial charge in [0.05, 0.1) is 58.3 Å². The molecule has 0 spiro atoms. The highest BCUT2D eigenvalue weighted by atomic mass is 127. The van der Waals surface area contributed by atoms with Gasteiger partial charge >= 0.3 is 0 Å². The number of likely N-dealkylation sites (N-methyl/N-ethyl adjacent to an activating group) is 2. The summed E-state index contributed by atoms with van der Waals surface area (Å²) in [5.74, 6) is -0.0975. The molecule has 1 aliphatic rings. The van der Waals surface area contributed by atoms with E-state index < -0.39 is 66.4 Å². The van der Waals surface area contributed by atoms with E-state index in [0.29, 0.717) is 98.7 Å². The minimum absolute atomic E-state index is 0.0519. The number of anilines is 1. The summed E-state index contributed by atoms with van der Waals surface area (Å²) in [6.07, 6.45) is 7.26. The van der Waals surface area contributed by atoms with Crippen molar-refractivity contribution >= 4 is 143 Å². The van der Waals surface area contributed by atoms with Gasteiger partial charge in [0.2, 0.25) is 41.4 Å². The third kappa shape index (κ3) is 23.3. The highest BCUT2D eigenvalue weighted by Gasteiger charge is 2.41. The van der Waals surface area contributed by atoms with Gasteiger partial charge in [-0.2, -0.15) is 23.5 Å². The van der Waals surface area contributed by atoms with E-state index in [2.05, 4.69) is 63.8 Å². The molecular weight excluding hydrogens is 1400 g/mol. The minimum Gasteiger partial charge on any atom is -0.362 e. The Morgan fingerprint density at radius 1 is 0.862 bits per heavy atom. The van der Waals surface area contributed by atoms with Gasteiger partial charge in [-0.3, -0.25) is 44.6 Å². The Morgan fingerprint density at radius 3 is 2.24 bits per heavy atom. The van der Waals surface area contributed by atoms with Crippen LogP contribution in [-0.4, -0.2) is 174 Å². The topological polar surface area (TPSA) is 293 Å². The molecule has 7 atom stereocenters. The Kier molecular flexibility index (Phi) is 31.5. The second-order valence-electron chi connectivity index (χ2n) is 21.0. The van der Waals surface area contributed by atoms with Crippen LogP contribution >= 0.6 is 78.5 Å². The molecular formula is C60H82I2N13O9PS2. The summed E-state index contributed by atoms with van der Waals surface area (Å²) in [6.45, 7) is 7.61. The number of hydrogen-bond donors (Lipinski definition) is 8. The molecule has 2 unspecified atom stereocenters. The van der Waals surface area contributed by atoms with Crippen molar-refractivity contribution in [3.63, 3.8) is 0 Å². The quantitative estimate of drug-likeness (QED) is 0.0104. The van der Waals surface area contributed by atoms with Gasteiger partial charge in [-0.05, 0) is 105 Å². The molecule has 8 amide bonds. The first-order valence-electron chi connectivity index (χ1n) is 28.8. The monoisotopic (exact) mass is 1480 g/mol. The van der Waals surface area contributed by atoms with Crippen LogP contribution in [0.3, 0.4) is 0 Å². The van der Waals surface area contributed by atoms with Crippen LogP contribution in [0.2, 0.25) is 0 Å². The summed E-state index contributed by atoms with van der Waals surface area (Å²) in [5.41, 5.74) is 11.0. The second kappa shape index (κ2) is 38.0. The van der Waals surface area contributed by atoms with Crippen molar-refractivity contribution in [1.29, 1.82) is 0 Å². The Labute approximate surface area is 549 Å². The van der Waals surface area contributed by atoms with Gasteiger partial charge in [0.15, 0.2) is 0 Å². The largest absolute Gasteiger partial charge is 0.362 e. The number of benzene rings is 3. The number of likely N-dealkylation sites (tertiary alicyclic amines) is 1. The number of nitrogens with two attached hydrogens (primary N) is 1. The maximum Gasteiger partial charge on any atom is 0.251 e. The summed E-state index contributed by atoms with van der Waals surface area (Å²) in [7, 11) is 5.75. The van der Waals surface area contributed by atoms with Crippen molar-refractivity contribution in [1.82, 2.24) is 52.6 Å². The summed E-state index contributed by atoms with van der Waals surface area (Å²) in [6, 6.07) is 18.0. The fourth-order valence-electron chi connectivity index (χ4n) is 9.70. The van der Waals surface area contributed by atoms with Gasteiger partial charge in [0, 0.05) is 86.4 Å². The maximum absolute atomic E-state index is 14.5. The van der Waals surface area contributed by atoms with Crippen LogP contribution in [0.15, 0.2) is 91.8 Å². The number of aryl methyl sites for hydroxylation is 1. The molecule has 3 aromatic carbocycles. The lowest BCUT2D eigenvalue weighted by atomic mass is 10.0. The molecule has 87 heavy (non-hydrogen) atoms. The molecule has 0 saturated carbocycles. The molecule has 9 N–H and O–H groups in total. The van der Waals surface area contributed by atoms with Gasteiger partial charge < -0.3 is 57.2 Å². The molecule has 472 valence electrons. The predicted molar refractivity (Wildman–Crippen MR) is 363 cm³/mol. The van der Waals surface area contributed by atoms with E-state index >= 15 is 0 Å². The number of thioether (sulfide) groups is 2. The third-order valence-corrected chi connectivity index (χ3v) is 19.3. The zero-order valence-electron chi connectivity index (χ0n) is 49.7. The number of halogens is 2. The summed E-state index contributed by atoms with van der Waals surface area (Å²) < 4.78 is 2.64. The van der Waals surface area contributed by atoms with Crippen molar-refractivity contribution in [2.75, 3.05) is 63.6 Å². The average Bonchev–Trinajstić information content (AvgIpc) is 4.36. The van der Waals surface area contributed by atoms with Crippen LogP contribution < -0.4 is 42.9 Å². The van der Waals surface area contributed by atoms with Crippen molar-refractivity contribution in [2.24, 2.45) is 5.73 Å². The summed E-state index contributed by atoms with van der Waals surface area (Å²) >= 11 is 6.92. The van der Waals surface area contributed by atoms with E-state index in [0.717, 1.165) is 36.6 Å². The van der Waals surface area contributed by atoms with Gasteiger partial charge in [0.25, 0.3) is 5.91 Å². The number of aldehydes is 1. The molecule has 4 aromatic rings. The van der Waals surface area contributed by atoms with Crippen LogP contribution in [0.1, 0.15) is 79.2 Å². The van der Waals surface area contributed by atoms with E-state index in [1.54, 1.807) is 70.6 Å². The number of carbonyl (C=O) groups excluding carboxylic acids is 9. The molecule has 0 bridgehead atoms. The molecule has 22 nitrogen and oxygen atoms in total. The number of aromatic nitrogens is 2. The standard InChI is InChI=1S/C60H82I2N13O9PS2/c1-6-65-47-21-20-46(85)32-44(47)33-49(56(80)66-24-27-76)71-55(79)39(2)74(61)54(78)36-72(5)58(82)48(18-10-11-23-63)70-53(77)22-28-86-37-42-16-12-17-43(30-42)38-87-29-25-67-57(81)51-19-13-26-73(51)60(84)52(31-41-14-8-7-9-15-41)75(62)59(83)50(64-4)34-45-35-68-40(3)69-45/h6-9,12,14-17,20-21,27,30,32,35,39,48-52,64-65H,1,10-11,13,18-19,22-26,28-29,31,33-34,36-38,63,85H2,2-5H3,(H,66,80)(H,67,81)(H,68,69)(H,70,77)(H,71,79)/t39-,48-,49-,50-,51?,52-/m0/s1. The van der Waals surface area contributed by atoms with E-state index in [1.807, 2.05) is 90.5 Å². The molecule has 2 heterocycles. The number of nitrogens with one attached hydrogen (secondary N) is 7. The van der Waals surface area contributed by atoms with Crippen molar-refractivity contribution in [3.05, 3.63) is 126 Å². The van der Waals surface area contributed by atoms with E-state index in [-0.39, 0.29) is 49.4 Å².